The van der Waals surface area contributed by atoms with E-state index in [4.69, 9.17) is 21.1 Å². The molecule has 4 rings (SSSR count). The number of ether oxygens (including phenoxy) is 2. The lowest BCUT2D eigenvalue weighted by Gasteiger charge is -2.38. The van der Waals surface area contributed by atoms with Gasteiger partial charge in [0.1, 0.15) is 5.82 Å². The Labute approximate surface area is 206 Å². The van der Waals surface area contributed by atoms with E-state index in [2.05, 4.69) is 20.1 Å². The van der Waals surface area contributed by atoms with Crippen LogP contribution in [0.5, 0.6) is 0 Å². The van der Waals surface area contributed by atoms with E-state index in [1.165, 1.54) is 6.07 Å². The Kier molecular flexibility index (Phi) is 8.82. The highest BCUT2D eigenvalue weighted by atomic mass is 127. The standard InChI is InChI=1S/C22H32ClFN4O2.HI/c1-16-13-27(9-11-30-16)19(20-17(23)4-3-5-18(20)24)12-26-21(25-2)28-8-6-22(14-28)7-10-29-15-22;/h3-5,16,19H,6-15H2,1-2H3,(H,25,26);1H. The second kappa shape index (κ2) is 11.0. The predicted molar refractivity (Wildman–Crippen MR) is 132 cm³/mol. The van der Waals surface area contributed by atoms with Crippen molar-refractivity contribution in [3.8, 4) is 0 Å². The average molecular weight is 567 g/mol. The molecule has 1 aromatic carbocycles. The monoisotopic (exact) mass is 566 g/mol. The molecule has 6 nitrogen and oxygen atoms in total. The average Bonchev–Trinajstić information content (AvgIpc) is 3.36. The quantitative estimate of drug-likeness (QED) is 0.343. The second-order valence-corrected chi connectivity index (χ2v) is 9.14. The van der Waals surface area contributed by atoms with Gasteiger partial charge in [-0.2, -0.15) is 0 Å². The number of aliphatic imine (C=N–C) groups is 1. The summed E-state index contributed by atoms with van der Waals surface area (Å²) in [5.74, 6) is 0.587. The first-order valence-corrected chi connectivity index (χ1v) is 11.2. The first kappa shape index (κ1) is 25.0. The number of morpholine rings is 1. The van der Waals surface area contributed by atoms with Gasteiger partial charge >= 0.3 is 0 Å². The van der Waals surface area contributed by atoms with E-state index in [-0.39, 0.29) is 47.4 Å². The van der Waals surface area contributed by atoms with Gasteiger partial charge < -0.3 is 19.7 Å². The fraction of sp³-hybridized carbons (Fsp3) is 0.682. The Morgan fingerprint density at radius 1 is 1.35 bits per heavy atom. The predicted octanol–water partition coefficient (Wildman–Crippen LogP) is 3.55. The summed E-state index contributed by atoms with van der Waals surface area (Å²) in [5, 5.41) is 3.97. The molecule has 0 bridgehead atoms. The Balaban J connectivity index is 0.00000272. The molecule has 1 N–H and O–H groups in total. The van der Waals surface area contributed by atoms with Crippen LogP contribution < -0.4 is 5.32 Å². The van der Waals surface area contributed by atoms with Crippen molar-refractivity contribution < 1.29 is 13.9 Å². The summed E-state index contributed by atoms with van der Waals surface area (Å²) < 4.78 is 26.2. The molecule has 9 heteroatoms. The maximum atomic E-state index is 14.8. The van der Waals surface area contributed by atoms with E-state index in [1.54, 1.807) is 19.2 Å². The second-order valence-electron chi connectivity index (χ2n) is 8.73. The van der Waals surface area contributed by atoms with Gasteiger partial charge in [0.15, 0.2) is 5.96 Å². The summed E-state index contributed by atoms with van der Waals surface area (Å²) in [4.78, 5) is 9.08. The fourth-order valence-corrected chi connectivity index (χ4v) is 5.27. The van der Waals surface area contributed by atoms with Crippen LogP contribution in [0.1, 0.15) is 31.4 Å². The lowest BCUT2D eigenvalue weighted by Crippen LogP contribution is -2.49. The van der Waals surface area contributed by atoms with Gasteiger partial charge in [-0.3, -0.25) is 9.89 Å². The highest BCUT2D eigenvalue weighted by molar-refractivity contribution is 14.0. The molecule has 3 atom stereocenters. The maximum Gasteiger partial charge on any atom is 0.193 e. The number of hydrogen-bond donors (Lipinski definition) is 1. The highest BCUT2D eigenvalue weighted by Gasteiger charge is 2.42. The van der Waals surface area contributed by atoms with Gasteiger partial charge in [0.2, 0.25) is 0 Å². The van der Waals surface area contributed by atoms with Gasteiger partial charge in [0, 0.05) is 62.4 Å². The summed E-state index contributed by atoms with van der Waals surface area (Å²) in [5.41, 5.74) is 0.796. The van der Waals surface area contributed by atoms with Crippen LogP contribution in [0.3, 0.4) is 0 Å². The van der Waals surface area contributed by atoms with Crippen LogP contribution in [-0.4, -0.2) is 81.5 Å². The van der Waals surface area contributed by atoms with Gasteiger partial charge in [-0.1, -0.05) is 17.7 Å². The summed E-state index contributed by atoms with van der Waals surface area (Å²) >= 11 is 6.46. The number of nitrogens with one attached hydrogen (secondary N) is 1. The van der Waals surface area contributed by atoms with Gasteiger partial charge in [-0.25, -0.2) is 4.39 Å². The van der Waals surface area contributed by atoms with Crippen LogP contribution in [0.2, 0.25) is 5.02 Å². The third-order valence-corrected chi connectivity index (χ3v) is 6.96. The summed E-state index contributed by atoms with van der Waals surface area (Å²) in [7, 11) is 1.81. The molecule has 1 aromatic rings. The third-order valence-electron chi connectivity index (χ3n) is 6.63. The Morgan fingerprint density at radius 3 is 2.87 bits per heavy atom. The molecule has 0 radical (unpaired) electrons. The van der Waals surface area contributed by atoms with Gasteiger partial charge in [0.25, 0.3) is 0 Å². The van der Waals surface area contributed by atoms with Crippen molar-refractivity contribution in [1.82, 2.24) is 15.1 Å². The molecule has 0 aliphatic carbocycles. The molecule has 3 fully saturated rings. The molecule has 0 amide bonds. The van der Waals surface area contributed by atoms with Crippen LogP contribution in [-0.2, 0) is 9.47 Å². The molecule has 3 unspecified atom stereocenters. The first-order chi connectivity index (χ1) is 14.5. The molecular weight excluding hydrogens is 534 g/mol. The number of benzene rings is 1. The van der Waals surface area contributed by atoms with Crippen molar-refractivity contribution in [2.24, 2.45) is 10.4 Å². The van der Waals surface area contributed by atoms with Crippen molar-refractivity contribution in [3.63, 3.8) is 0 Å². The smallest absolute Gasteiger partial charge is 0.193 e. The number of halogens is 3. The minimum absolute atomic E-state index is 0. The van der Waals surface area contributed by atoms with Crippen molar-refractivity contribution in [3.05, 3.63) is 34.6 Å². The summed E-state index contributed by atoms with van der Waals surface area (Å²) in [6.07, 6.45) is 2.34. The summed E-state index contributed by atoms with van der Waals surface area (Å²) in [6.45, 7) is 8.28. The van der Waals surface area contributed by atoms with E-state index in [0.29, 0.717) is 23.7 Å². The molecule has 3 aliphatic rings. The molecular formula is C22H33ClFIN4O2. The SMILES string of the molecule is CN=C(NCC(c1c(F)cccc1Cl)N1CCOC(C)C1)N1CCC2(CCOC2)C1.I. The molecule has 3 heterocycles. The molecule has 31 heavy (non-hydrogen) atoms. The minimum atomic E-state index is -0.272. The van der Waals surface area contributed by atoms with E-state index < -0.39 is 0 Å². The van der Waals surface area contributed by atoms with Crippen molar-refractivity contribution in [1.29, 1.82) is 0 Å². The topological polar surface area (TPSA) is 49.3 Å². The number of guanidine groups is 1. The van der Waals surface area contributed by atoms with E-state index in [0.717, 1.165) is 58.2 Å². The van der Waals surface area contributed by atoms with Gasteiger partial charge in [-0.15, -0.1) is 24.0 Å². The van der Waals surface area contributed by atoms with Crippen LogP contribution in [0.4, 0.5) is 4.39 Å². The molecule has 1 spiro atoms. The van der Waals surface area contributed by atoms with Gasteiger partial charge in [0.05, 0.1) is 25.4 Å². The van der Waals surface area contributed by atoms with Crippen molar-refractivity contribution >= 4 is 41.5 Å². The lowest BCUT2D eigenvalue weighted by molar-refractivity contribution is -0.0344. The van der Waals surface area contributed by atoms with Crippen molar-refractivity contribution in [2.45, 2.75) is 31.9 Å². The lowest BCUT2D eigenvalue weighted by atomic mass is 9.87. The molecule has 174 valence electrons. The highest BCUT2D eigenvalue weighted by Crippen LogP contribution is 2.38. The fourth-order valence-electron chi connectivity index (χ4n) is 4.98. The Bertz CT molecular complexity index is 758. The largest absolute Gasteiger partial charge is 0.381 e. The third kappa shape index (κ3) is 5.63. The van der Waals surface area contributed by atoms with Crippen LogP contribution in [0.15, 0.2) is 23.2 Å². The molecule has 0 saturated carbocycles. The summed E-state index contributed by atoms with van der Waals surface area (Å²) in [6, 6.07) is 4.70. The van der Waals surface area contributed by atoms with E-state index >= 15 is 0 Å². The van der Waals surface area contributed by atoms with Crippen molar-refractivity contribution in [2.75, 3.05) is 59.6 Å². The van der Waals surface area contributed by atoms with Gasteiger partial charge in [-0.05, 0) is 31.9 Å². The zero-order valence-electron chi connectivity index (χ0n) is 18.3. The van der Waals surface area contributed by atoms with E-state index in [9.17, 15) is 4.39 Å². The zero-order valence-corrected chi connectivity index (χ0v) is 21.4. The first-order valence-electron chi connectivity index (χ1n) is 10.8. The zero-order chi connectivity index (χ0) is 21.1. The Morgan fingerprint density at radius 2 is 2.19 bits per heavy atom. The maximum absolute atomic E-state index is 14.8. The normalized spacial score (nSPS) is 28.1. The van der Waals surface area contributed by atoms with Crippen LogP contribution in [0.25, 0.3) is 0 Å². The number of likely N-dealkylation sites (tertiary alicyclic amines) is 1. The molecule has 3 aliphatic heterocycles. The molecule has 3 saturated heterocycles. The number of rotatable bonds is 4. The van der Waals surface area contributed by atoms with Crippen LogP contribution in [0, 0.1) is 11.2 Å². The number of nitrogens with zero attached hydrogens (tertiary/aromatic N) is 3. The number of hydrogen-bond acceptors (Lipinski definition) is 4. The van der Waals surface area contributed by atoms with Crippen LogP contribution >= 0.6 is 35.6 Å². The van der Waals surface area contributed by atoms with E-state index in [1.807, 2.05) is 6.92 Å². The Hall–Kier alpha value is -0.680. The molecule has 0 aromatic heterocycles. The minimum Gasteiger partial charge on any atom is -0.381 e.